The van der Waals surface area contributed by atoms with E-state index in [0.717, 1.165) is 40.4 Å². The number of rotatable bonds is 3. The van der Waals surface area contributed by atoms with Crippen molar-refractivity contribution >= 4 is 16.7 Å². The first-order chi connectivity index (χ1) is 12.0. The summed E-state index contributed by atoms with van der Waals surface area (Å²) < 4.78 is 14.8. The minimum absolute atomic E-state index is 0.0410. The number of hydrogen-bond donors (Lipinski definition) is 0. The monoisotopic (exact) mass is 333 g/mol. The van der Waals surface area contributed by atoms with Crippen LogP contribution in [0.2, 0.25) is 0 Å². The smallest absolute Gasteiger partial charge is 0.161 e. The molecule has 1 aliphatic rings. The molecule has 0 aliphatic heterocycles. The number of aryl methyl sites for hydroxylation is 2. The Labute approximate surface area is 146 Å². The average molecular weight is 333 g/mol. The lowest BCUT2D eigenvalue weighted by atomic mass is 9.92. The maximum Gasteiger partial charge on any atom is 0.161 e. The van der Waals surface area contributed by atoms with Crippen molar-refractivity contribution in [2.24, 2.45) is 0 Å². The zero-order chi connectivity index (χ0) is 17.7. The number of fused-ring (bicyclic) bond motifs is 1. The fourth-order valence-electron chi connectivity index (χ4n) is 3.70. The van der Waals surface area contributed by atoms with Gasteiger partial charge in [-0.2, -0.15) is 0 Å². The second-order valence-corrected chi connectivity index (χ2v) is 7.06. The average Bonchev–Trinajstić information content (AvgIpc) is 3.41. The molecule has 25 heavy (non-hydrogen) atoms. The fraction of sp³-hybridized carbons (Fsp3) is 0.273. The van der Waals surface area contributed by atoms with Crippen molar-refractivity contribution in [1.82, 2.24) is 4.98 Å². The number of pyridine rings is 1. The molecule has 3 heteroatoms. The number of ketones is 1. The third kappa shape index (κ3) is 2.64. The van der Waals surface area contributed by atoms with Gasteiger partial charge in [-0.05, 0) is 56.7 Å². The van der Waals surface area contributed by atoms with E-state index in [9.17, 15) is 9.18 Å². The van der Waals surface area contributed by atoms with Crippen LogP contribution in [0.1, 0.15) is 52.7 Å². The van der Waals surface area contributed by atoms with Crippen LogP contribution in [-0.2, 0) is 0 Å². The zero-order valence-electron chi connectivity index (χ0n) is 14.7. The zero-order valence-corrected chi connectivity index (χ0v) is 14.7. The molecule has 4 rings (SSSR count). The lowest BCUT2D eigenvalue weighted by Crippen LogP contribution is -2.02. The molecule has 0 atom stereocenters. The van der Waals surface area contributed by atoms with Crippen molar-refractivity contribution in [3.05, 3.63) is 64.6 Å². The summed E-state index contributed by atoms with van der Waals surface area (Å²) in [6.45, 7) is 5.34. The molecule has 2 nitrogen and oxygen atoms in total. The molecule has 1 heterocycles. The molecule has 0 radical (unpaired) electrons. The van der Waals surface area contributed by atoms with Crippen molar-refractivity contribution in [3.8, 4) is 11.1 Å². The lowest BCUT2D eigenvalue weighted by Gasteiger charge is -2.14. The molecule has 0 unspecified atom stereocenters. The van der Waals surface area contributed by atoms with Crippen LogP contribution < -0.4 is 0 Å². The van der Waals surface area contributed by atoms with E-state index in [1.54, 1.807) is 20.0 Å². The molecule has 0 amide bonds. The molecule has 0 spiro atoms. The van der Waals surface area contributed by atoms with Gasteiger partial charge >= 0.3 is 0 Å². The van der Waals surface area contributed by atoms with Gasteiger partial charge in [0.05, 0.1) is 5.52 Å². The van der Waals surface area contributed by atoms with Gasteiger partial charge in [-0.25, -0.2) is 4.39 Å². The number of aromatic nitrogens is 1. The van der Waals surface area contributed by atoms with Crippen LogP contribution in [0.15, 0.2) is 36.5 Å². The summed E-state index contributed by atoms with van der Waals surface area (Å²) in [6.07, 6.45) is 3.87. The van der Waals surface area contributed by atoms with E-state index >= 15 is 0 Å². The number of nitrogens with zero attached hydrogens (tertiary/aromatic N) is 1. The fourth-order valence-corrected chi connectivity index (χ4v) is 3.70. The SMILES string of the molecule is CC(=O)c1cnc2c(-c3cc(C)cc(C)c3F)cccc2c1C1CC1. The highest BCUT2D eigenvalue weighted by Crippen LogP contribution is 2.46. The van der Waals surface area contributed by atoms with E-state index in [0.29, 0.717) is 22.6 Å². The lowest BCUT2D eigenvalue weighted by molar-refractivity contribution is 0.101. The summed E-state index contributed by atoms with van der Waals surface area (Å²) in [6, 6.07) is 9.57. The third-order valence-electron chi connectivity index (χ3n) is 4.99. The number of Topliss-reactive ketones (excluding diaryl/α,β-unsaturated/α-hetero) is 1. The summed E-state index contributed by atoms with van der Waals surface area (Å²) in [5.74, 6) is 0.256. The summed E-state index contributed by atoms with van der Waals surface area (Å²) in [7, 11) is 0. The molecule has 0 N–H and O–H groups in total. The first-order valence-corrected chi connectivity index (χ1v) is 8.67. The Morgan fingerprint density at radius 3 is 2.60 bits per heavy atom. The van der Waals surface area contributed by atoms with Gasteiger partial charge in [0.25, 0.3) is 0 Å². The highest BCUT2D eigenvalue weighted by Gasteiger charge is 2.30. The number of halogens is 1. The van der Waals surface area contributed by atoms with Crippen LogP contribution in [0, 0.1) is 19.7 Å². The van der Waals surface area contributed by atoms with Crippen molar-refractivity contribution in [2.75, 3.05) is 0 Å². The van der Waals surface area contributed by atoms with Crippen molar-refractivity contribution in [2.45, 2.75) is 39.5 Å². The van der Waals surface area contributed by atoms with Gasteiger partial charge < -0.3 is 0 Å². The number of benzene rings is 2. The molecule has 1 aliphatic carbocycles. The van der Waals surface area contributed by atoms with Crippen molar-refractivity contribution in [1.29, 1.82) is 0 Å². The van der Waals surface area contributed by atoms with E-state index < -0.39 is 0 Å². The van der Waals surface area contributed by atoms with Gasteiger partial charge in [-0.15, -0.1) is 0 Å². The van der Waals surface area contributed by atoms with Crippen LogP contribution in [0.25, 0.3) is 22.0 Å². The first kappa shape index (κ1) is 15.9. The highest BCUT2D eigenvalue weighted by molar-refractivity contribution is 6.03. The largest absolute Gasteiger partial charge is 0.294 e. The minimum atomic E-state index is -0.205. The highest BCUT2D eigenvalue weighted by atomic mass is 19.1. The third-order valence-corrected chi connectivity index (χ3v) is 4.99. The first-order valence-electron chi connectivity index (χ1n) is 8.67. The molecule has 1 saturated carbocycles. The summed E-state index contributed by atoms with van der Waals surface area (Å²) in [5, 5.41) is 0.978. The number of hydrogen-bond acceptors (Lipinski definition) is 2. The van der Waals surface area contributed by atoms with E-state index in [1.807, 2.05) is 37.3 Å². The standard InChI is InChI=1S/C22H20FNO/c1-12-9-13(2)21(23)18(10-12)16-5-4-6-17-20(15-7-8-15)19(14(3)25)11-24-22(16)17/h4-6,9-11,15H,7-8H2,1-3H3. The quantitative estimate of drug-likeness (QED) is 0.572. The molecule has 2 aromatic carbocycles. The maximum atomic E-state index is 14.8. The molecule has 1 aromatic heterocycles. The summed E-state index contributed by atoms with van der Waals surface area (Å²) in [4.78, 5) is 16.6. The van der Waals surface area contributed by atoms with Crippen LogP contribution in [0.4, 0.5) is 4.39 Å². The Hall–Kier alpha value is -2.55. The topological polar surface area (TPSA) is 30.0 Å². The van der Waals surface area contributed by atoms with E-state index in [-0.39, 0.29) is 11.6 Å². The molecule has 1 fully saturated rings. The summed E-state index contributed by atoms with van der Waals surface area (Å²) in [5.41, 5.74) is 5.59. The van der Waals surface area contributed by atoms with Crippen molar-refractivity contribution in [3.63, 3.8) is 0 Å². The normalized spacial score (nSPS) is 14.1. The maximum absolute atomic E-state index is 14.8. The molecule has 0 bridgehead atoms. The molecule has 0 saturated heterocycles. The van der Waals surface area contributed by atoms with Gasteiger partial charge in [0.2, 0.25) is 0 Å². The van der Waals surface area contributed by atoms with Crippen LogP contribution in [0.5, 0.6) is 0 Å². The Balaban J connectivity index is 2.05. The van der Waals surface area contributed by atoms with Crippen LogP contribution in [0.3, 0.4) is 0 Å². The second-order valence-electron chi connectivity index (χ2n) is 7.06. The predicted molar refractivity (Wildman–Crippen MR) is 98.6 cm³/mol. The van der Waals surface area contributed by atoms with Gasteiger partial charge in [-0.1, -0.05) is 29.8 Å². The second kappa shape index (κ2) is 5.76. The molecule has 3 aromatic rings. The molecule has 126 valence electrons. The molecular weight excluding hydrogens is 313 g/mol. The number of carbonyl (C=O) groups excluding carboxylic acids is 1. The molecular formula is C22H20FNO. The van der Waals surface area contributed by atoms with Gasteiger partial charge in [0.1, 0.15) is 5.82 Å². The Morgan fingerprint density at radius 2 is 1.92 bits per heavy atom. The number of para-hydroxylation sites is 1. The predicted octanol–water partition coefficient (Wildman–Crippen LogP) is 5.74. The van der Waals surface area contributed by atoms with E-state index in [2.05, 4.69) is 4.98 Å². The number of carbonyl (C=O) groups is 1. The van der Waals surface area contributed by atoms with Gasteiger partial charge in [0.15, 0.2) is 5.78 Å². The summed E-state index contributed by atoms with van der Waals surface area (Å²) >= 11 is 0. The van der Waals surface area contributed by atoms with Crippen LogP contribution >= 0.6 is 0 Å². The van der Waals surface area contributed by atoms with Gasteiger partial charge in [-0.3, -0.25) is 9.78 Å². The van der Waals surface area contributed by atoms with Gasteiger partial charge in [0, 0.05) is 28.3 Å². The van der Waals surface area contributed by atoms with Crippen molar-refractivity contribution < 1.29 is 9.18 Å². The minimum Gasteiger partial charge on any atom is -0.294 e. The Bertz CT molecular complexity index is 1020. The van der Waals surface area contributed by atoms with E-state index in [1.165, 1.54) is 0 Å². The van der Waals surface area contributed by atoms with E-state index in [4.69, 9.17) is 0 Å². The van der Waals surface area contributed by atoms with Crippen LogP contribution in [-0.4, -0.2) is 10.8 Å². The Kier molecular flexibility index (Phi) is 3.68. The Morgan fingerprint density at radius 1 is 1.16 bits per heavy atom.